The quantitative estimate of drug-likeness (QED) is 0.857. The molecule has 102 valence electrons. The molecule has 1 aromatic heterocycles. The number of rotatable bonds is 4. The van der Waals surface area contributed by atoms with Crippen LogP contribution in [0.4, 0.5) is 0 Å². The molecule has 1 unspecified atom stereocenters. The van der Waals surface area contributed by atoms with Gasteiger partial charge in [0.2, 0.25) is 5.41 Å². The van der Waals surface area contributed by atoms with Gasteiger partial charge in [-0.2, -0.15) is 5.26 Å². The van der Waals surface area contributed by atoms with Gasteiger partial charge in [-0.25, -0.2) is 0 Å². The fourth-order valence-corrected chi connectivity index (χ4v) is 2.57. The Morgan fingerprint density at radius 2 is 2.11 bits per heavy atom. The van der Waals surface area contributed by atoms with Crippen molar-refractivity contribution in [3.05, 3.63) is 24.0 Å². The Hall–Kier alpha value is -1.54. The first-order chi connectivity index (χ1) is 8.79. The summed E-state index contributed by atoms with van der Waals surface area (Å²) in [6.07, 6.45) is 1.63. The predicted molar refractivity (Wildman–Crippen MR) is 75.0 cm³/mol. The molecule has 0 amide bonds. The molecule has 0 bridgehead atoms. The van der Waals surface area contributed by atoms with Gasteiger partial charge >= 0.3 is 5.97 Å². The van der Waals surface area contributed by atoms with Crippen LogP contribution >= 0.6 is 11.8 Å². The van der Waals surface area contributed by atoms with Crippen LogP contribution in [0.1, 0.15) is 33.4 Å². The summed E-state index contributed by atoms with van der Waals surface area (Å²) in [6.45, 7) is 7.24. The van der Waals surface area contributed by atoms with Crippen molar-refractivity contribution in [2.45, 2.75) is 38.0 Å². The molecule has 0 aromatic carbocycles. The number of thioether (sulfide) groups is 1. The zero-order valence-corrected chi connectivity index (χ0v) is 12.4. The third-order valence-corrected chi connectivity index (χ3v) is 3.91. The summed E-state index contributed by atoms with van der Waals surface area (Å²) in [5, 5.41) is 19.0. The minimum atomic E-state index is -1.64. The van der Waals surface area contributed by atoms with Gasteiger partial charge in [0.05, 0.1) is 11.8 Å². The molecule has 0 aliphatic carbocycles. The van der Waals surface area contributed by atoms with E-state index >= 15 is 0 Å². The highest BCUT2D eigenvalue weighted by Gasteiger charge is 2.52. The van der Waals surface area contributed by atoms with Gasteiger partial charge in [0.25, 0.3) is 0 Å². The Morgan fingerprint density at radius 3 is 2.42 bits per heavy atom. The van der Waals surface area contributed by atoms with Crippen molar-refractivity contribution >= 4 is 17.7 Å². The van der Waals surface area contributed by atoms with E-state index in [1.54, 1.807) is 44.8 Å². The third kappa shape index (κ3) is 2.74. The standard InChI is InChI=1S/C14H18N2O2S/c1-5-19-10-6-7-11(16-8-10)14(9-15,12(17)18)13(2,3)4/h6-8H,5H2,1-4H3,(H,17,18). The van der Waals surface area contributed by atoms with Crippen molar-refractivity contribution in [2.75, 3.05) is 5.75 Å². The van der Waals surface area contributed by atoms with E-state index in [9.17, 15) is 15.2 Å². The smallest absolute Gasteiger partial charge is 0.330 e. The number of nitrogens with zero attached hydrogens (tertiary/aromatic N) is 2. The molecule has 0 radical (unpaired) electrons. The first kappa shape index (κ1) is 15.5. The van der Waals surface area contributed by atoms with Crippen molar-refractivity contribution in [1.82, 2.24) is 4.98 Å². The Labute approximate surface area is 117 Å². The summed E-state index contributed by atoms with van der Waals surface area (Å²) >= 11 is 1.63. The highest BCUT2D eigenvalue weighted by Crippen LogP contribution is 2.40. The first-order valence-electron chi connectivity index (χ1n) is 6.03. The van der Waals surface area contributed by atoms with E-state index in [1.807, 2.05) is 19.1 Å². The van der Waals surface area contributed by atoms with Crippen LogP contribution in [0.5, 0.6) is 0 Å². The van der Waals surface area contributed by atoms with Gasteiger partial charge in [0.1, 0.15) is 0 Å². The van der Waals surface area contributed by atoms with Crippen molar-refractivity contribution in [3.63, 3.8) is 0 Å². The van der Waals surface area contributed by atoms with Gasteiger partial charge in [0, 0.05) is 11.1 Å². The monoisotopic (exact) mass is 278 g/mol. The fraction of sp³-hybridized carbons (Fsp3) is 0.500. The van der Waals surface area contributed by atoms with Gasteiger partial charge in [0.15, 0.2) is 0 Å². The van der Waals surface area contributed by atoms with E-state index in [4.69, 9.17) is 0 Å². The molecule has 5 heteroatoms. The van der Waals surface area contributed by atoms with E-state index in [2.05, 4.69) is 4.98 Å². The number of pyridine rings is 1. The van der Waals surface area contributed by atoms with Crippen LogP contribution in [0.2, 0.25) is 0 Å². The minimum Gasteiger partial charge on any atom is -0.480 e. The van der Waals surface area contributed by atoms with Crippen LogP contribution in [0.3, 0.4) is 0 Å². The molecule has 0 saturated carbocycles. The Morgan fingerprint density at radius 1 is 1.47 bits per heavy atom. The van der Waals surface area contributed by atoms with Crippen LogP contribution in [0, 0.1) is 16.7 Å². The SMILES string of the molecule is CCSc1ccc(C(C#N)(C(=O)O)C(C)(C)C)nc1. The van der Waals surface area contributed by atoms with Crippen molar-refractivity contribution < 1.29 is 9.90 Å². The van der Waals surface area contributed by atoms with Gasteiger partial charge in [-0.1, -0.05) is 27.7 Å². The fourth-order valence-electron chi connectivity index (χ4n) is 1.94. The summed E-state index contributed by atoms with van der Waals surface area (Å²) in [5.41, 5.74) is -2.10. The molecule has 4 nitrogen and oxygen atoms in total. The second-order valence-electron chi connectivity index (χ2n) is 5.23. The molecule has 0 aliphatic heterocycles. The van der Waals surface area contributed by atoms with E-state index < -0.39 is 16.8 Å². The van der Waals surface area contributed by atoms with E-state index in [1.165, 1.54) is 0 Å². The normalized spacial score (nSPS) is 14.5. The zero-order chi connectivity index (χ0) is 14.7. The molecule has 1 aromatic rings. The number of carbonyl (C=O) groups is 1. The Bertz CT molecular complexity index is 500. The van der Waals surface area contributed by atoms with Crippen molar-refractivity contribution in [3.8, 4) is 6.07 Å². The third-order valence-electron chi connectivity index (χ3n) is 3.05. The molecule has 1 rings (SSSR count). The maximum Gasteiger partial charge on any atom is 0.330 e. The molecule has 0 aliphatic rings. The molecule has 0 spiro atoms. The number of nitriles is 1. The lowest BCUT2D eigenvalue weighted by Crippen LogP contribution is -2.46. The molecular formula is C14H18N2O2S. The summed E-state index contributed by atoms with van der Waals surface area (Å²) in [6, 6.07) is 5.41. The number of carboxylic acids is 1. The van der Waals surface area contributed by atoms with Gasteiger partial charge in [-0.15, -0.1) is 11.8 Å². The number of carboxylic acid groups (broad SMARTS) is 1. The van der Waals surface area contributed by atoms with Crippen LogP contribution in [-0.2, 0) is 10.2 Å². The summed E-state index contributed by atoms with van der Waals surface area (Å²) in [5.74, 6) is -0.242. The highest BCUT2D eigenvalue weighted by molar-refractivity contribution is 7.99. The maximum atomic E-state index is 11.6. The van der Waals surface area contributed by atoms with Crippen LogP contribution in [0.15, 0.2) is 23.2 Å². The minimum absolute atomic E-state index is 0.287. The predicted octanol–water partition coefficient (Wildman–Crippen LogP) is 3.09. The molecule has 1 heterocycles. The summed E-state index contributed by atoms with van der Waals surface area (Å²) < 4.78 is 0. The molecule has 0 saturated heterocycles. The number of aromatic nitrogens is 1. The lowest BCUT2D eigenvalue weighted by molar-refractivity contribution is -0.145. The summed E-state index contributed by atoms with van der Waals surface area (Å²) in [7, 11) is 0. The van der Waals surface area contributed by atoms with Crippen LogP contribution in [-0.4, -0.2) is 21.8 Å². The molecule has 1 N–H and O–H groups in total. The molecule has 0 fully saturated rings. The number of hydrogen-bond acceptors (Lipinski definition) is 4. The maximum absolute atomic E-state index is 11.6. The van der Waals surface area contributed by atoms with E-state index in [0.717, 1.165) is 10.6 Å². The lowest BCUT2D eigenvalue weighted by Gasteiger charge is -2.34. The van der Waals surface area contributed by atoms with E-state index in [-0.39, 0.29) is 5.69 Å². The first-order valence-corrected chi connectivity index (χ1v) is 7.02. The van der Waals surface area contributed by atoms with E-state index in [0.29, 0.717) is 0 Å². The number of aliphatic carboxylic acids is 1. The number of hydrogen-bond donors (Lipinski definition) is 1. The molecule has 19 heavy (non-hydrogen) atoms. The van der Waals surface area contributed by atoms with Crippen LogP contribution < -0.4 is 0 Å². The van der Waals surface area contributed by atoms with Crippen molar-refractivity contribution in [1.29, 1.82) is 5.26 Å². The second kappa shape index (κ2) is 5.62. The molecular weight excluding hydrogens is 260 g/mol. The Kier molecular flexibility index (Phi) is 4.59. The Balaban J connectivity index is 3.35. The average molecular weight is 278 g/mol. The van der Waals surface area contributed by atoms with Gasteiger partial charge in [-0.05, 0) is 23.3 Å². The lowest BCUT2D eigenvalue weighted by atomic mass is 9.65. The van der Waals surface area contributed by atoms with Crippen LogP contribution in [0.25, 0.3) is 0 Å². The molecule has 1 atom stereocenters. The van der Waals surface area contributed by atoms with Crippen molar-refractivity contribution in [2.24, 2.45) is 5.41 Å². The average Bonchev–Trinajstić information content (AvgIpc) is 2.31. The highest BCUT2D eigenvalue weighted by atomic mass is 32.2. The second-order valence-corrected chi connectivity index (χ2v) is 6.57. The largest absolute Gasteiger partial charge is 0.480 e. The van der Waals surface area contributed by atoms with Gasteiger partial charge in [-0.3, -0.25) is 9.78 Å². The topological polar surface area (TPSA) is 74.0 Å². The summed E-state index contributed by atoms with van der Waals surface area (Å²) in [4.78, 5) is 16.8. The van der Waals surface area contributed by atoms with Gasteiger partial charge < -0.3 is 5.11 Å². The zero-order valence-electron chi connectivity index (χ0n) is 11.6.